The third-order valence-electron chi connectivity index (χ3n) is 6.80. The zero-order chi connectivity index (χ0) is 32.9. The second kappa shape index (κ2) is 11.7. The van der Waals surface area contributed by atoms with Crippen molar-refractivity contribution in [2.24, 2.45) is 5.92 Å². The number of nitrogens with one attached hydrogen (secondary N) is 1. The number of Topliss-reactive ketones (excluding diaryl/α,β-unsaturated/α-hetero) is 2. The maximum atomic E-state index is 14.8. The first-order chi connectivity index (χ1) is 20.2. The van der Waals surface area contributed by atoms with Crippen LogP contribution in [0.5, 0.6) is 0 Å². The van der Waals surface area contributed by atoms with Crippen molar-refractivity contribution in [3.63, 3.8) is 0 Å². The van der Waals surface area contributed by atoms with E-state index in [1.807, 2.05) is 0 Å². The molecule has 1 N–H and O–H groups in total. The molecule has 4 nitrogen and oxygen atoms in total. The van der Waals surface area contributed by atoms with Gasteiger partial charge < -0.3 is 5.32 Å². The van der Waals surface area contributed by atoms with Gasteiger partial charge in [-0.3, -0.25) is 14.4 Å². The molecule has 3 aromatic carbocycles. The lowest BCUT2D eigenvalue weighted by atomic mass is 9.97. The van der Waals surface area contributed by atoms with Crippen molar-refractivity contribution >= 4 is 46.4 Å². The van der Waals surface area contributed by atoms with E-state index in [1.54, 1.807) is 0 Å². The monoisotopic (exact) mass is 673 g/mol. The summed E-state index contributed by atoms with van der Waals surface area (Å²) in [6.45, 7) is 0. The molecular formula is C28H15Cl2F10NO3. The third kappa shape index (κ3) is 6.70. The van der Waals surface area contributed by atoms with Crippen LogP contribution >= 0.6 is 23.2 Å². The molecule has 0 radical (unpaired) electrons. The summed E-state index contributed by atoms with van der Waals surface area (Å²) < 4.78 is 133. The molecular weight excluding hydrogens is 659 g/mol. The Labute approximate surface area is 250 Å². The highest BCUT2D eigenvalue weighted by Gasteiger charge is 2.67. The van der Waals surface area contributed by atoms with Crippen molar-refractivity contribution in [1.82, 2.24) is 0 Å². The van der Waals surface area contributed by atoms with E-state index in [1.165, 1.54) is 0 Å². The number of benzene rings is 3. The summed E-state index contributed by atoms with van der Waals surface area (Å²) in [7, 11) is 0. The number of rotatable bonds is 8. The number of halogens is 12. The molecule has 4 rings (SSSR count). The molecule has 0 spiro atoms. The largest absolute Gasteiger partial charge is 0.450 e. The Kier molecular flexibility index (Phi) is 8.84. The van der Waals surface area contributed by atoms with Gasteiger partial charge in [0.05, 0.1) is 17.0 Å². The Bertz CT molecular complexity index is 1670. The number of amides is 1. The van der Waals surface area contributed by atoms with E-state index in [0.717, 1.165) is 18.2 Å². The molecule has 0 bridgehead atoms. The molecule has 0 unspecified atom stereocenters. The van der Waals surface area contributed by atoms with Crippen LogP contribution in [0.1, 0.15) is 38.5 Å². The maximum absolute atomic E-state index is 14.8. The number of hydrogen-bond acceptors (Lipinski definition) is 3. The van der Waals surface area contributed by atoms with E-state index in [2.05, 4.69) is 5.32 Å². The highest BCUT2D eigenvalue weighted by atomic mass is 35.5. The summed E-state index contributed by atoms with van der Waals surface area (Å²) in [5.74, 6) is -12.9. The Hall–Kier alpha value is -3.65. The Balaban J connectivity index is 1.54. The van der Waals surface area contributed by atoms with Gasteiger partial charge in [0.1, 0.15) is 27.6 Å². The van der Waals surface area contributed by atoms with Crippen LogP contribution in [0.25, 0.3) is 0 Å². The number of carbonyl (C=O) groups is 3. The smallest absolute Gasteiger partial charge is 0.326 e. The predicted molar refractivity (Wildman–Crippen MR) is 136 cm³/mol. The summed E-state index contributed by atoms with van der Waals surface area (Å²) in [6, 6.07) is 5.50. The van der Waals surface area contributed by atoms with E-state index in [4.69, 9.17) is 23.2 Å². The minimum Gasteiger partial charge on any atom is -0.326 e. The number of hydrogen-bond donors (Lipinski definition) is 1. The van der Waals surface area contributed by atoms with Gasteiger partial charge >= 0.3 is 12.4 Å². The van der Waals surface area contributed by atoms with Crippen LogP contribution in [0, 0.1) is 29.2 Å². The first-order valence-electron chi connectivity index (χ1n) is 12.2. The third-order valence-corrected chi connectivity index (χ3v) is 7.74. The molecule has 44 heavy (non-hydrogen) atoms. The molecule has 1 saturated carbocycles. The van der Waals surface area contributed by atoms with Gasteiger partial charge in [-0.2, -0.15) is 26.3 Å². The molecule has 1 fully saturated rings. The van der Waals surface area contributed by atoms with Crippen molar-refractivity contribution in [3.8, 4) is 0 Å². The molecule has 234 valence electrons. The predicted octanol–water partition coefficient (Wildman–Crippen LogP) is 7.89. The molecule has 2 atom stereocenters. The van der Waals surface area contributed by atoms with E-state index >= 15 is 0 Å². The van der Waals surface area contributed by atoms with Crippen molar-refractivity contribution in [2.45, 2.75) is 35.4 Å². The fraction of sp³-hybridized carbons (Fsp3) is 0.250. The molecule has 1 aliphatic carbocycles. The summed E-state index contributed by atoms with van der Waals surface area (Å²) in [5.41, 5.74) is -4.79. The van der Waals surface area contributed by atoms with Crippen LogP contribution in [-0.4, -0.2) is 28.0 Å². The van der Waals surface area contributed by atoms with Gasteiger partial charge in [0.25, 0.3) is 0 Å². The van der Waals surface area contributed by atoms with Crippen molar-refractivity contribution < 1.29 is 58.3 Å². The average molecular weight is 674 g/mol. The lowest BCUT2D eigenvalue weighted by Gasteiger charge is -2.12. The number of anilines is 1. The minimum absolute atomic E-state index is 0.206. The lowest BCUT2D eigenvalue weighted by Crippen LogP contribution is -2.25. The highest BCUT2D eigenvalue weighted by molar-refractivity contribution is 6.53. The molecule has 0 heterocycles. The van der Waals surface area contributed by atoms with Gasteiger partial charge in [-0.05, 0) is 47.5 Å². The van der Waals surface area contributed by atoms with Crippen molar-refractivity contribution in [3.05, 3.63) is 99.6 Å². The Morgan fingerprint density at radius 3 is 2.02 bits per heavy atom. The normalized spacial score (nSPS) is 17.7. The molecule has 1 amide bonds. The average Bonchev–Trinajstić information content (AvgIpc) is 3.49. The minimum atomic E-state index is -5.30. The molecule has 1 aliphatic rings. The van der Waals surface area contributed by atoms with Gasteiger partial charge in [-0.15, -0.1) is 23.2 Å². The first-order valence-corrected chi connectivity index (χ1v) is 12.9. The van der Waals surface area contributed by atoms with E-state index in [-0.39, 0.29) is 11.3 Å². The van der Waals surface area contributed by atoms with Gasteiger partial charge in [0.15, 0.2) is 5.78 Å². The van der Waals surface area contributed by atoms with E-state index < -0.39 is 104 Å². The van der Waals surface area contributed by atoms with Crippen LogP contribution in [0.2, 0.25) is 0 Å². The van der Waals surface area contributed by atoms with E-state index in [9.17, 15) is 58.3 Å². The maximum Gasteiger partial charge on any atom is 0.450 e. The molecule has 0 saturated heterocycles. The van der Waals surface area contributed by atoms with Gasteiger partial charge in [-0.25, -0.2) is 17.6 Å². The fourth-order valence-corrected chi connectivity index (χ4v) is 5.36. The zero-order valence-corrected chi connectivity index (χ0v) is 23.0. The first kappa shape index (κ1) is 33.2. The zero-order valence-electron chi connectivity index (χ0n) is 21.4. The van der Waals surface area contributed by atoms with E-state index in [0.29, 0.717) is 30.3 Å². The Morgan fingerprint density at radius 2 is 1.41 bits per heavy atom. The van der Waals surface area contributed by atoms with Gasteiger partial charge in [0, 0.05) is 30.0 Å². The SMILES string of the molecule is O=C(Cc1c(F)ccc(CC(=O)C(F)(F)F)c1F)c1cc(NC(=O)[C@H]2[C@H](c3ccc(F)c(C(F)(F)F)c3)C2(Cl)Cl)ccc1F. The Morgan fingerprint density at radius 1 is 0.795 bits per heavy atom. The van der Waals surface area contributed by atoms with Gasteiger partial charge in [-0.1, -0.05) is 12.1 Å². The molecule has 0 aliphatic heterocycles. The lowest BCUT2D eigenvalue weighted by molar-refractivity contribution is -0.170. The molecule has 16 heteroatoms. The van der Waals surface area contributed by atoms with Crippen molar-refractivity contribution in [2.75, 3.05) is 5.32 Å². The van der Waals surface area contributed by atoms with Crippen LogP contribution in [0.3, 0.4) is 0 Å². The van der Waals surface area contributed by atoms with Crippen LogP contribution in [0.4, 0.5) is 49.6 Å². The van der Waals surface area contributed by atoms with Crippen molar-refractivity contribution in [1.29, 1.82) is 0 Å². The second-order valence-corrected chi connectivity index (χ2v) is 11.2. The molecule has 0 aromatic heterocycles. The standard InChI is InChI=1S/C28H15Cl2F10NO3/c29-26(30)22(11-1-5-19(33)16(7-11)27(35,36)37)23(26)25(44)41-13-3-6-17(31)14(9-13)20(42)10-15-18(32)4-2-12(24(15)34)8-21(43)28(38,39)40/h1-7,9,22-23H,8,10H2,(H,41,44)/t22-,23+/m0/s1. The summed E-state index contributed by atoms with van der Waals surface area (Å²) in [5, 5.41) is 2.25. The fourth-order valence-electron chi connectivity index (χ4n) is 4.53. The summed E-state index contributed by atoms with van der Waals surface area (Å²) in [4.78, 5) is 36.9. The second-order valence-electron chi connectivity index (χ2n) is 9.75. The van der Waals surface area contributed by atoms with Crippen LogP contribution in [0.15, 0.2) is 48.5 Å². The number of ketones is 2. The van der Waals surface area contributed by atoms with Gasteiger partial charge in [0.2, 0.25) is 11.7 Å². The van der Waals surface area contributed by atoms with Crippen LogP contribution < -0.4 is 5.32 Å². The quantitative estimate of drug-likeness (QED) is 0.150. The number of carbonyl (C=O) groups excluding carboxylic acids is 3. The summed E-state index contributed by atoms with van der Waals surface area (Å²) >= 11 is 12.3. The van der Waals surface area contributed by atoms with Crippen LogP contribution in [-0.2, 0) is 28.6 Å². The number of alkyl halides is 8. The summed E-state index contributed by atoms with van der Waals surface area (Å²) in [6.07, 6.45) is -13.0. The molecule has 3 aromatic rings. The topological polar surface area (TPSA) is 63.2 Å². The highest BCUT2D eigenvalue weighted by Crippen LogP contribution is 2.65.